The van der Waals surface area contributed by atoms with E-state index in [1.54, 1.807) is 0 Å². The van der Waals surface area contributed by atoms with Crippen LogP contribution in [0.25, 0.3) is 0 Å². The smallest absolute Gasteiger partial charge is 0.140 e. The predicted octanol–water partition coefficient (Wildman–Crippen LogP) is 4.76. The standard InChI is InChI=1S/C18H20F2/c1-17(2,3)9-7-13-11-16(20)14(12-15(13)19)8-10-18(4,5)6/h11-12H,1-6H3. The molecule has 0 N–H and O–H groups in total. The topological polar surface area (TPSA) is 0 Å². The molecule has 0 amide bonds. The average molecular weight is 274 g/mol. The number of rotatable bonds is 0. The fourth-order valence-electron chi connectivity index (χ4n) is 1.25. The first-order valence-electron chi connectivity index (χ1n) is 6.53. The molecule has 0 atom stereocenters. The molecule has 1 rings (SSSR count). The van der Waals surface area contributed by atoms with Crippen LogP contribution in [0.5, 0.6) is 0 Å². The molecule has 1 aromatic rings. The summed E-state index contributed by atoms with van der Waals surface area (Å²) in [6.45, 7) is 11.5. The van der Waals surface area contributed by atoms with Gasteiger partial charge in [-0.25, -0.2) is 8.78 Å². The Hall–Kier alpha value is -1.80. The van der Waals surface area contributed by atoms with E-state index in [0.29, 0.717) is 0 Å². The van der Waals surface area contributed by atoms with Gasteiger partial charge in [-0.15, -0.1) is 0 Å². The van der Waals surface area contributed by atoms with Gasteiger partial charge in [0.25, 0.3) is 0 Å². The molecule has 0 bridgehead atoms. The van der Waals surface area contributed by atoms with Gasteiger partial charge in [-0.3, -0.25) is 0 Å². The molecule has 1 aromatic carbocycles. The first-order chi connectivity index (χ1) is 8.98. The molecule has 0 heterocycles. The zero-order valence-corrected chi connectivity index (χ0v) is 12.9. The summed E-state index contributed by atoms with van der Waals surface area (Å²) in [6, 6.07) is 2.22. The highest BCUT2D eigenvalue weighted by Gasteiger charge is 2.10. The minimum absolute atomic E-state index is 0.0683. The Labute approximate surface area is 120 Å². The molecule has 0 saturated heterocycles. The van der Waals surface area contributed by atoms with E-state index in [-0.39, 0.29) is 22.0 Å². The minimum atomic E-state index is -0.540. The molecule has 0 aliphatic carbocycles. The third kappa shape index (κ3) is 5.45. The quantitative estimate of drug-likeness (QED) is 0.598. The van der Waals surface area contributed by atoms with E-state index in [4.69, 9.17) is 0 Å². The van der Waals surface area contributed by atoms with Gasteiger partial charge >= 0.3 is 0 Å². The van der Waals surface area contributed by atoms with Crippen LogP contribution in [0.2, 0.25) is 0 Å². The van der Waals surface area contributed by atoms with E-state index in [1.807, 2.05) is 41.5 Å². The van der Waals surface area contributed by atoms with Crippen molar-refractivity contribution < 1.29 is 8.78 Å². The third-order valence-electron chi connectivity index (χ3n) is 2.20. The second kappa shape index (κ2) is 5.68. The lowest BCUT2D eigenvalue weighted by atomic mass is 9.96. The zero-order valence-electron chi connectivity index (χ0n) is 12.9. The second-order valence-electron chi connectivity index (χ2n) is 6.81. The van der Waals surface area contributed by atoms with Crippen molar-refractivity contribution in [2.45, 2.75) is 41.5 Å². The summed E-state index contributed by atoms with van der Waals surface area (Å²) in [5.74, 6) is 10.1. The Morgan fingerprint density at radius 1 is 0.700 bits per heavy atom. The maximum absolute atomic E-state index is 13.9. The van der Waals surface area contributed by atoms with Crippen LogP contribution < -0.4 is 0 Å². The fraction of sp³-hybridized carbons (Fsp3) is 0.444. The van der Waals surface area contributed by atoms with Crippen molar-refractivity contribution in [3.05, 3.63) is 34.9 Å². The molecule has 0 fully saturated rings. The second-order valence-corrected chi connectivity index (χ2v) is 6.81. The Morgan fingerprint density at radius 2 is 1.00 bits per heavy atom. The average Bonchev–Trinajstić information content (AvgIpc) is 2.25. The molecular formula is C18H20F2. The van der Waals surface area contributed by atoms with Crippen molar-refractivity contribution in [2.24, 2.45) is 10.8 Å². The normalized spacial score (nSPS) is 11.2. The number of hydrogen-bond donors (Lipinski definition) is 0. The number of hydrogen-bond acceptors (Lipinski definition) is 0. The SMILES string of the molecule is CC(C)(C)C#Cc1cc(F)c(C#CC(C)(C)C)cc1F. The van der Waals surface area contributed by atoms with Crippen LogP contribution >= 0.6 is 0 Å². The largest absolute Gasteiger partial charge is 0.206 e. The van der Waals surface area contributed by atoms with Gasteiger partial charge in [0.2, 0.25) is 0 Å². The van der Waals surface area contributed by atoms with E-state index >= 15 is 0 Å². The summed E-state index contributed by atoms with van der Waals surface area (Å²) in [5.41, 5.74) is -0.376. The van der Waals surface area contributed by atoms with E-state index in [0.717, 1.165) is 12.1 Å². The first-order valence-corrected chi connectivity index (χ1v) is 6.53. The summed E-state index contributed by atoms with van der Waals surface area (Å²) in [7, 11) is 0. The summed E-state index contributed by atoms with van der Waals surface area (Å²) in [5, 5.41) is 0. The van der Waals surface area contributed by atoms with E-state index < -0.39 is 11.6 Å². The molecule has 20 heavy (non-hydrogen) atoms. The molecule has 2 heteroatoms. The maximum Gasteiger partial charge on any atom is 0.140 e. The van der Waals surface area contributed by atoms with Crippen molar-refractivity contribution in [1.82, 2.24) is 0 Å². The van der Waals surface area contributed by atoms with Crippen molar-refractivity contribution in [3.8, 4) is 23.7 Å². The summed E-state index contributed by atoms with van der Waals surface area (Å²) >= 11 is 0. The van der Waals surface area contributed by atoms with Crippen LogP contribution in [0, 0.1) is 46.1 Å². The van der Waals surface area contributed by atoms with Gasteiger partial charge in [0.05, 0.1) is 11.1 Å². The van der Waals surface area contributed by atoms with Crippen LogP contribution in [0.15, 0.2) is 12.1 Å². The molecular weight excluding hydrogens is 254 g/mol. The zero-order chi connectivity index (χ0) is 15.6. The van der Waals surface area contributed by atoms with Gasteiger partial charge < -0.3 is 0 Å². The van der Waals surface area contributed by atoms with Gasteiger partial charge in [-0.1, -0.05) is 23.7 Å². The van der Waals surface area contributed by atoms with Crippen LogP contribution in [-0.2, 0) is 0 Å². The number of halogens is 2. The lowest BCUT2D eigenvalue weighted by Crippen LogP contribution is -2.01. The Balaban J connectivity index is 3.21. The number of benzene rings is 1. The first kappa shape index (κ1) is 16.3. The van der Waals surface area contributed by atoms with Crippen LogP contribution in [0.1, 0.15) is 52.7 Å². The van der Waals surface area contributed by atoms with Crippen molar-refractivity contribution >= 4 is 0 Å². The molecule has 0 saturated carbocycles. The molecule has 0 unspecified atom stereocenters. The third-order valence-corrected chi connectivity index (χ3v) is 2.20. The van der Waals surface area contributed by atoms with Crippen LogP contribution in [0.3, 0.4) is 0 Å². The molecule has 0 aliphatic rings. The molecule has 106 valence electrons. The van der Waals surface area contributed by atoms with Gasteiger partial charge in [0.15, 0.2) is 0 Å². The van der Waals surface area contributed by atoms with E-state index in [2.05, 4.69) is 23.7 Å². The monoisotopic (exact) mass is 274 g/mol. The van der Waals surface area contributed by atoms with Gasteiger partial charge in [0, 0.05) is 10.8 Å². The molecule has 0 aliphatic heterocycles. The van der Waals surface area contributed by atoms with Crippen molar-refractivity contribution in [1.29, 1.82) is 0 Å². The highest BCUT2D eigenvalue weighted by atomic mass is 19.1. The van der Waals surface area contributed by atoms with Crippen LogP contribution in [-0.4, -0.2) is 0 Å². The van der Waals surface area contributed by atoms with E-state index in [1.165, 1.54) is 0 Å². The van der Waals surface area contributed by atoms with E-state index in [9.17, 15) is 8.78 Å². The summed E-state index contributed by atoms with van der Waals surface area (Å²) in [4.78, 5) is 0. The maximum atomic E-state index is 13.9. The summed E-state index contributed by atoms with van der Waals surface area (Å²) in [6.07, 6.45) is 0. The van der Waals surface area contributed by atoms with Crippen molar-refractivity contribution in [3.63, 3.8) is 0 Å². The molecule has 0 aromatic heterocycles. The molecule has 0 radical (unpaired) electrons. The lowest BCUT2D eigenvalue weighted by Gasteiger charge is -2.08. The van der Waals surface area contributed by atoms with Gasteiger partial charge in [-0.2, -0.15) is 0 Å². The van der Waals surface area contributed by atoms with Crippen LogP contribution in [0.4, 0.5) is 8.78 Å². The highest BCUT2D eigenvalue weighted by Crippen LogP contribution is 2.17. The highest BCUT2D eigenvalue weighted by molar-refractivity contribution is 5.45. The summed E-state index contributed by atoms with van der Waals surface area (Å²) < 4.78 is 27.8. The Morgan fingerprint density at radius 3 is 1.25 bits per heavy atom. The Kier molecular flexibility index (Phi) is 4.61. The fourth-order valence-corrected chi connectivity index (χ4v) is 1.25. The molecule has 0 spiro atoms. The van der Waals surface area contributed by atoms with Gasteiger partial charge in [-0.05, 0) is 53.7 Å². The predicted molar refractivity (Wildman–Crippen MR) is 79.0 cm³/mol. The minimum Gasteiger partial charge on any atom is -0.206 e. The van der Waals surface area contributed by atoms with Gasteiger partial charge in [0.1, 0.15) is 11.6 Å². The van der Waals surface area contributed by atoms with Crippen molar-refractivity contribution in [2.75, 3.05) is 0 Å². The molecule has 0 nitrogen and oxygen atoms in total. The Bertz CT molecular complexity index is 560. The lowest BCUT2D eigenvalue weighted by molar-refractivity contribution is 0.568.